The summed E-state index contributed by atoms with van der Waals surface area (Å²) in [4.78, 5) is 12.2. The van der Waals surface area contributed by atoms with E-state index >= 15 is 0 Å². The number of benzene rings is 2. The Kier molecular flexibility index (Phi) is 4.91. The van der Waals surface area contributed by atoms with Crippen LogP contribution < -0.4 is 9.47 Å². The van der Waals surface area contributed by atoms with Gasteiger partial charge in [-0.15, -0.1) is 11.8 Å². The lowest BCUT2D eigenvalue weighted by atomic mass is 10.0. The first-order valence-electron chi connectivity index (χ1n) is 7.64. The van der Waals surface area contributed by atoms with Gasteiger partial charge in [0.15, 0.2) is 0 Å². The Bertz CT molecular complexity index is 607. The number of rotatable bonds is 4. The monoisotopic (exact) mass is 328 g/mol. The van der Waals surface area contributed by atoms with Crippen molar-refractivity contribution in [1.82, 2.24) is 0 Å². The van der Waals surface area contributed by atoms with Gasteiger partial charge in [0.05, 0.1) is 14.2 Å². The summed E-state index contributed by atoms with van der Waals surface area (Å²) < 4.78 is 10.4. The topological polar surface area (TPSA) is 35.5 Å². The third kappa shape index (κ3) is 3.70. The first-order chi connectivity index (χ1) is 11.2. The lowest BCUT2D eigenvalue weighted by Crippen LogP contribution is -2.15. The maximum atomic E-state index is 12.2. The van der Waals surface area contributed by atoms with E-state index in [1.165, 1.54) is 11.1 Å². The van der Waals surface area contributed by atoms with Crippen molar-refractivity contribution >= 4 is 17.5 Å². The second kappa shape index (κ2) is 7.09. The van der Waals surface area contributed by atoms with Crippen molar-refractivity contribution < 1.29 is 14.3 Å². The molecule has 0 amide bonds. The smallest absolute Gasteiger partial charge is 0.135 e. The summed E-state index contributed by atoms with van der Waals surface area (Å²) in [6.45, 7) is 0. The zero-order valence-corrected chi connectivity index (χ0v) is 14.1. The predicted molar refractivity (Wildman–Crippen MR) is 93.3 cm³/mol. The Labute approximate surface area is 141 Å². The summed E-state index contributed by atoms with van der Waals surface area (Å²) in [6, 6.07) is 16.0. The average Bonchev–Trinajstić information content (AvgIpc) is 2.61. The van der Waals surface area contributed by atoms with Crippen LogP contribution >= 0.6 is 11.8 Å². The van der Waals surface area contributed by atoms with Crippen LogP contribution in [0, 0.1) is 0 Å². The van der Waals surface area contributed by atoms with E-state index in [0.717, 1.165) is 11.5 Å². The SMILES string of the molecule is COc1ccc([C@H]2CC(=O)C[C@H](c3ccc(OC)cc3)S2)cc1. The van der Waals surface area contributed by atoms with E-state index in [-0.39, 0.29) is 10.5 Å². The molecule has 0 unspecified atom stereocenters. The first kappa shape index (κ1) is 15.9. The van der Waals surface area contributed by atoms with Gasteiger partial charge in [0.2, 0.25) is 0 Å². The van der Waals surface area contributed by atoms with E-state index in [1.807, 2.05) is 36.0 Å². The Hall–Kier alpha value is -1.94. The van der Waals surface area contributed by atoms with Crippen LogP contribution in [-0.4, -0.2) is 20.0 Å². The number of thioether (sulfide) groups is 1. The minimum absolute atomic E-state index is 0.203. The van der Waals surface area contributed by atoms with Crippen molar-refractivity contribution in [2.24, 2.45) is 0 Å². The molecule has 120 valence electrons. The highest BCUT2D eigenvalue weighted by atomic mass is 32.2. The van der Waals surface area contributed by atoms with Crippen molar-refractivity contribution in [2.75, 3.05) is 14.2 Å². The lowest BCUT2D eigenvalue weighted by Gasteiger charge is -2.28. The van der Waals surface area contributed by atoms with Crippen LogP contribution in [0.15, 0.2) is 48.5 Å². The van der Waals surface area contributed by atoms with E-state index in [2.05, 4.69) is 24.3 Å². The minimum atomic E-state index is 0.203. The standard InChI is InChI=1S/C19H20O3S/c1-21-16-7-3-13(4-8-16)18-11-15(20)12-19(23-18)14-5-9-17(22-2)10-6-14/h3-10,18-19H,11-12H2,1-2H3/t18-,19-/m1/s1. The van der Waals surface area contributed by atoms with Crippen molar-refractivity contribution in [3.8, 4) is 11.5 Å². The van der Waals surface area contributed by atoms with Crippen LogP contribution in [0.5, 0.6) is 11.5 Å². The summed E-state index contributed by atoms with van der Waals surface area (Å²) in [7, 11) is 3.32. The van der Waals surface area contributed by atoms with Crippen LogP contribution in [0.1, 0.15) is 34.5 Å². The molecule has 1 aliphatic heterocycles. The normalized spacial score (nSPS) is 21.0. The van der Waals surface area contributed by atoms with Crippen molar-refractivity contribution in [3.63, 3.8) is 0 Å². The van der Waals surface area contributed by atoms with E-state index in [1.54, 1.807) is 14.2 Å². The van der Waals surface area contributed by atoms with Gasteiger partial charge in [0.25, 0.3) is 0 Å². The molecule has 0 spiro atoms. The Morgan fingerprint density at radius 1 is 0.783 bits per heavy atom. The maximum Gasteiger partial charge on any atom is 0.135 e. The molecular weight excluding hydrogens is 308 g/mol. The van der Waals surface area contributed by atoms with E-state index in [9.17, 15) is 4.79 Å². The summed E-state index contributed by atoms with van der Waals surface area (Å²) in [6.07, 6.45) is 1.20. The summed E-state index contributed by atoms with van der Waals surface area (Å²) in [5.41, 5.74) is 2.37. The number of carbonyl (C=O) groups excluding carboxylic acids is 1. The van der Waals surface area contributed by atoms with Gasteiger partial charge in [0, 0.05) is 23.3 Å². The molecule has 0 radical (unpaired) electrons. The molecule has 0 aromatic heterocycles. The highest BCUT2D eigenvalue weighted by Crippen LogP contribution is 2.49. The molecule has 0 aliphatic carbocycles. The highest BCUT2D eigenvalue weighted by Gasteiger charge is 2.29. The van der Waals surface area contributed by atoms with Crippen molar-refractivity contribution in [3.05, 3.63) is 59.7 Å². The van der Waals surface area contributed by atoms with Gasteiger partial charge in [-0.2, -0.15) is 0 Å². The lowest BCUT2D eigenvalue weighted by molar-refractivity contribution is -0.119. The number of Topliss-reactive ketones (excluding diaryl/α,β-unsaturated/α-hetero) is 1. The van der Waals surface area contributed by atoms with Gasteiger partial charge in [-0.1, -0.05) is 24.3 Å². The molecule has 3 rings (SSSR count). The zero-order chi connectivity index (χ0) is 16.2. The van der Waals surface area contributed by atoms with Crippen molar-refractivity contribution in [2.45, 2.75) is 23.3 Å². The molecule has 1 fully saturated rings. The largest absolute Gasteiger partial charge is 0.497 e. The van der Waals surface area contributed by atoms with Crippen LogP contribution in [0.25, 0.3) is 0 Å². The summed E-state index contributed by atoms with van der Waals surface area (Å²) in [5, 5.41) is 0.406. The average molecular weight is 328 g/mol. The minimum Gasteiger partial charge on any atom is -0.497 e. The zero-order valence-electron chi connectivity index (χ0n) is 13.3. The fourth-order valence-electron chi connectivity index (χ4n) is 2.82. The molecule has 2 atom stereocenters. The van der Waals surface area contributed by atoms with Gasteiger partial charge in [-0.3, -0.25) is 4.79 Å². The molecular formula is C19H20O3S. The predicted octanol–water partition coefficient (Wildman–Crippen LogP) is 4.58. The molecule has 4 heteroatoms. The molecule has 1 aliphatic rings. The molecule has 2 aromatic carbocycles. The fraction of sp³-hybridized carbons (Fsp3) is 0.316. The Morgan fingerprint density at radius 2 is 1.17 bits per heavy atom. The van der Waals surface area contributed by atoms with Gasteiger partial charge in [-0.05, 0) is 35.4 Å². The first-order valence-corrected chi connectivity index (χ1v) is 8.59. The van der Waals surface area contributed by atoms with Gasteiger partial charge in [-0.25, -0.2) is 0 Å². The molecule has 1 saturated heterocycles. The van der Waals surface area contributed by atoms with E-state index < -0.39 is 0 Å². The summed E-state index contributed by atoms with van der Waals surface area (Å²) >= 11 is 1.87. The van der Waals surface area contributed by atoms with Crippen LogP contribution in [0.4, 0.5) is 0 Å². The molecule has 0 saturated carbocycles. The third-order valence-electron chi connectivity index (χ3n) is 4.13. The number of ether oxygens (including phenoxy) is 2. The second-order valence-electron chi connectivity index (χ2n) is 5.61. The van der Waals surface area contributed by atoms with Gasteiger partial charge >= 0.3 is 0 Å². The number of hydrogen-bond acceptors (Lipinski definition) is 4. The maximum absolute atomic E-state index is 12.2. The van der Waals surface area contributed by atoms with Gasteiger partial charge in [0.1, 0.15) is 17.3 Å². The molecule has 3 nitrogen and oxygen atoms in total. The van der Waals surface area contributed by atoms with Crippen LogP contribution in [0.2, 0.25) is 0 Å². The van der Waals surface area contributed by atoms with Gasteiger partial charge < -0.3 is 9.47 Å². The van der Waals surface area contributed by atoms with Crippen LogP contribution in [0.3, 0.4) is 0 Å². The third-order valence-corrected chi connectivity index (χ3v) is 5.66. The molecule has 0 N–H and O–H groups in total. The summed E-state index contributed by atoms with van der Waals surface area (Å²) in [5.74, 6) is 2.01. The number of ketones is 1. The number of carbonyl (C=O) groups is 1. The van der Waals surface area contributed by atoms with E-state index in [4.69, 9.17) is 9.47 Å². The molecule has 2 aromatic rings. The van der Waals surface area contributed by atoms with Crippen LogP contribution in [-0.2, 0) is 4.79 Å². The molecule has 0 bridgehead atoms. The fourth-order valence-corrected chi connectivity index (χ4v) is 4.41. The number of hydrogen-bond donors (Lipinski definition) is 0. The second-order valence-corrected chi connectivity index (χ2v) is 7.02. The molecule has 1 heterocycles. The Morgan fingerprint density at radius 3 is 1.52 bits per heavy atom. The quantitative estimate of drug-likeness (QED) is 0.823. The molecule has 23 heavy (non-hydrogen) atoms. The number of methoxy groups -OCH3 is 2. The highest BCUT2D eigenvalue weighted by molar-refractivity contribution is 7.99. The Balaban J connectivity index is 1.78. The van der Waals surface area contributed by atoms with E-state index in [0.29, 0.717) is 18.6 Å². The van der Waals surface area contributed by atoms with Crippen molar-refractivity contribution in [1.29, 1.82) is 0 Å².